The average molecular weight is 537 g/mol. The molecule has 8 heteroatoms. The summed E-state index contributed by atoms with van der Waals surface area (Å²) in [5, 5.41) is 4.84. The van der Waals surface area contributed by atoms with E-state index in [-0.39, 0.29) is 5.76 Å². The fourth-order valence-electron chi connectivity index (χ4n) is 3.34. The number of carbonyl (C=O) groups is 1. The van der Waals surface area contributed by atoms with Crippen LogP contribution in [0.2, 0.25) is 0 Å². The normalized spacial score (nSPS) is 11.1. The fraction of sp³-hybridized carbons (Fsp3) is 0.185. The summed E-state index contributed by atoms with van der Waals surface area (Å²) in [6.07, 6.45) is 1.54. The van der Waals surface area contributed by atoms with Gasteiger partial charge in [0.1, 0.15) is 17.9 Å². The molecule has 3 aromatic carbocycles. The number of rotatable bonds is 10. The maximum Gasteiger partial charge on any atom is 0.307 e. The molecule has 35 heavy (non-hydrogen) atoms. The van der Waals surface area contributed by atoms with Crippen LogP contribution in [-0.4, -0.2) is 25.3 Å². The van der Waals surface area contributed by atoms with E-state index in [9.17, 15) is 4.79 Å². The Morgan fingerprint density at radius 3 is 2.51 bits per heavy atom. The number of amides is 1. The van der Waals surface area contributed by atoms with Crippen molar-refractivity contribution < 1.29 is 23.4 Å². The second-order valence-electron chi connectivity index (χ2n) is 7.50. The second kappa shape index (κ2) is 11.6. The number of hydrogen-bond acceptors (Lipinski definition) is 6. The van der Waals surface area contributed by atoms with Gasteiger partial charge < -0.3 is 18.6 Å². The summed E-state index contributed by atoms with van der Waals surface area (Å²) < 4.78 is 23.8. The first-order valence-electron chi connectivity index (χ1n) is 11.2. The van der Waals surface area contributed by atoms with E-state index in [2.05, 4.69) is 26.5 Å². The van der Waals surface area contributed by atoms with E-state index >= 15 is 0 Å². The van der Waals surface area contributed by atoms with Crippen LogP contribution in [0.4, 0.5) is 0 Å². The van der Waals surface area contributed by atoms with Gasteiger partial charge in [0.05, 0.1) is 19.4 Å². The summed E-state index contributed by atoms with van der Waals surface area (Å²) in [6.45, 7) is 5.29. The first-order chi connectivity index (χ1) is 17.1. The van der Waals surface area contributed by atoms with Crippen LogP contribution in [0.5, 0.6) is 17.2 Å². The molecule has 1 heterocycles. The molecule has 0 spiro atoms. The number of hydrogen-bond donors (Lipinski definition) is 1. The van der Waals surface area contributed by atoms with Crippen molar-refractivity contribution in [1.29, 1.82) is 0 Å². The molecule has 0 aliphatic heterocycles. The monoisotopic (exact) mass is 536 g/mol. The number of carbonyl (C=O) groups excluding carboxylic acids is 1. The SMILES string of the molecule is CCOc1ccc2oc(C(=O)N/N=C/c3ccc(OCc4ccc(Br)cc4)c(OCC)c3)cc2c1. The molecular weight excluding hydrogens is 512 g/mol. The number of benzene rings is 3. The molecule has 0 bridgehead atoms. The second-order valence-corrected chi connectivity index (χ2v) is 8.41. The van der Waals surface area contributed by atoms with Crippen LogP contribution in [0.1, 0.15) is 35.5 Å². The van der Waals surface area contributed by atoms with E-state index in [1.54, 1.807) is 18.2 Å². The molecule has 0 aliphatic rings. The Hall–Kier alpha value is -3.78. The lowest BCUT2D eigenvalue weighted by Crippen LogP contribution is -2.16. The smallest absolute Gasteiger partial charge is 0.307 e. The lowest BCUT2D eigenvalue weighted by molar-refractivity contribution is 0.0929. The molecule has 0 atom stereocenters. The number of halogens is 1. The lowest BCUT2D eigenvalue weighted by Gasteiger charge is -2.12. The fourth-order valence-corrected chi connectivity index (χ4v) is 3.61. The predicted octanol–water partition coefficient (Wildman–Crippen LogP) is 6.34. The first-order valence-corrected chi connectivity index (χ1v) is 12.0. The highest BCUT2D eigenvalue weighted by Gasteiger charge is 2.12. The van der Waals surface area contributed by atoms with Crippen molar-refractivity contribution in [2.45, 2.75) is 20.5 Å². The Balaban J connectivity index is 1.40. The van der Waals surface area contributed by atoms with Gasteiger partial charge in [-0.1, -0.05) is 28.1 Å². The van der Waals surface area contributed by atoms with Crippen molar-refractivity contribution >= 4 is 39.0 Å². The molecular formula is C27H25BrN2O5. The van der Waals surface area contributed by atoms with Gasteiger partial charge >= 0.3 is 5.91 Å². The third kappa shape index (κ3) is 6.42. The van der Waals surface area contributed by atoms with Crippen molar-refractivity contribution in [2.24, 2.45) is 5.10 Å². The molecule has 180 valence electrons. The third-order valence-corrected chi connectivity index (χ3v) is 5.51. The van der Waals surface area contributed by atoms with Crippen LogP contribution in [0, 0.1) is 0 Å². The minimum Gasteiger partial charge on any atom is -0.494 e. The summed E-state index contributed by atoms with van der Waals surface area (Å²) in [5.74, 6) is 1.67. The summed E-state index contributed by atoms with van der Waals surface area (Å²) in [5.41, 5.74) is 4.89. The Kier molecular flexibility index (Phi) is 8.05. The van der Waals surface area contributed by atoms with Crippen LogP contribution >= 0.6 is 15.9 Å². The molecule has 4 rings (SSSR count). The average Bonchev–Trinajstić information content (AvgIpc) is 3.29. The van der Waals surface area contributed by atoms with Crippen molar-refractivity contribution in [3.8, 4) is 17.2 Å². The molecule has 7 nitrogen and oxygen atoms in total. The highest BCUT2D eigenvalue weighted by molar-refractivity contribution is 9.10. The third-order valence-electron chi connectivity index (χ3n) is 4.98. The van der Waals surface area contributed by atoms with Gasteiger partial charge in [0.15, 0.2) is 17.3 Å². The zero-order valence-corrected chi connectivity index (χ0v) is 21.0. The Morgan fingerprint density at radius 2 is 1.74 bits per heavy atom. The van der Waals surface area contributed by atoms with Crippen molar-refractivity contribution in [2.75, 3.05) is 13.2 Å². The van der Waals surface area contributed by atoms with Gasteiger partial charge in [-0.25, -0.2) is 5.43 Å². The van der Waals surface area contributed by atoms with E-state index in [4.69, 9.17) is 18.6 Å². The van der Waals surface area contributed by atoms with E-state index in [1.165, 1.54) is 6.21 Å². The molecule has 1 N–H and O–H groups in total. The maximum absolute atomic E-state index is 12.5. The predicted molar refractivity (Wildman–Crippen MR) is 139 cm³/mol. The number of furan rings is 1. The first kappa shape index (κ1) is 24.3. The number of fused-ring (bicyclic) bond motifs is 1. The zero-order valence-electron chi connectivity index (χ0n) is 19.4. The topological polar surface area (TPSA) is 82.3 Å². The minimum atomic E-state index is -0.449. The van der Waals surface area contributed by atoms with Gasteiger partial charge in [0, 0.05) is 9.86 Å². The highest BCUT2D eigenvalue weighted by atomic mass is 79.9. The van der Waals surface area contributed by atoms with Crippen LogP contribution < -0.4 is 19.6 Å². The molecule has 0 aliphatic carbocycles. The van der Waals surface area contributed by atoms with Crippen molar-refractivity contribution in [3.63, 3.8) is 0 Å². The van der Waals surface area contributed by atoms with Crippen LogP contribution in [0.3, 0.4) is 0 Å². The molecule has 4 aromatic rings. The zero-order chi connectivity index (χ0) is 24.6. The highest BCUT2D eigenvalue weighted by Crippen LogP contribution is 2.29. The van der Waals surface area contributed by atoms with Gasteiger partial charge in [-0.2, -0.15) is 5.10 Å². The number of ether oxygens (including phenoxy) is 3. The van der Waals surface area contributed by atoms with Crippen LogP contribution in [-0.2, 0) is 6.61 Å². The van der Waals surface area contributed by atoms with E-state index < -0.39 is 5.91 Å². The standard InChI is InChI=1S/C27H25BrN2O5/c1-3-32-22-10-12-23-20(14-22)15-26(35-23)27(31)30-29-16-19-7-11-24(25(13-19)33-4-2)34-17-18-5-8-21(28)9-6-18/h5-16H,3-4,17H2,1-2H3,(H,30,31)/b29-16+. The summed E-state index contributed by atoms with van der Waals surface area (Å²) in [4.78, 5) is 12.5. The van der Waals surface area contributed by atoms with Gasteiger partial charge in [-0.15, -0.1) is 0 Å². The number of nitrogens with zero attached hydrogens (tertiary/aromatic N) is 1. The van der Waals surface area contributed by atoms with Crippen molar-refractivity contribution in [1.82, 2.24) is 5.43 Å². The van der Waals surface area contributed by atoms with Crippen LogP contribution in [0.25, 0.3) is 11.0 Å². The molecule has 0 saturated heterocycles. The summed E-state index contributed by atoms with van der Waals surface area (Å²) in [7, 11) is 0. The number of nitrogens with one attached hydrogen (secondary N) is 1. The van der Waals surface area contributed by atoms with Crippen LogP contribution in [0.15, 0.2) is 80.7 Å². The quantitative estimate of drug-likeness (QED) is 0.189. The van der Waals surface area contributed by atoms with Gasteiger partial charge in [-0.3, -0.25) is 4.79 Å². The van der Waals surface area contributed by atoms with E-state index in [0.717, 1.165) is 26.7 Å². The van der Waals surface area contributed by atoms with Crippen molar-refractivity contribution in [3.05, 3.63) is 88.1 Å². The van der Waals surface area contributed by atoms with E-state index in [1.807, 2.05) is 62.4 Å². The molecule has 1 amide bonds. The largest absolute Gasteiger partial charge is 0.494 e. The Morgan fingerprint density at radius 1 is 0.943 bits per heavy atom. The van der Waals surface area contributed by atoms with Gasteiger partial charge in [0.25, 0.3) is 0 Å². The summed E-state index contributed by atoms with van der Waals surface area (Å²) in [6, 6.07) is 20.5. The molecule has 0 saturated carbocycles. The number of hydrazone groups is 1. The summed E-state index contributed by atoms with van der Waals surface area (Å²) >= 11 is 3.43. The molecule has 1 aromatic heterocycles. The molecule has 0 fully saturated rings. The molecule has 0 unspecified atom stereocenters. The van der Waals surface area contributed by atoms with Gasteiger partial charge in [0.2, 0.25) is 0 Å². The molecule has 0 radical (unpaired) electrons. The Bertz CT molecular complexity index is 1330. The minimum absolute atomic E-state index is 0.164. The lowest BCUT2D eigenvalue weighted by atomic mass is 10.2. The maximum atomic E-state index is 12.5. The van der Waals surface area contributed by atoms with Gasteiger partial charge in [-0.05, 0) is 79.6 Å². The Labute approximate surface area is 211 Å². The van der Waals surface area contributed by atoms with E-state index in [0.29, 0.717) is 36.9 Å².